The van der Waals surface area contributed by atoms with Gasteiger partial charge in [-0.2, -0.15) is 0 Å². The van der Waals surface area contributed by atoms with E-state index in [-0.39, 0.29) is 11.9 Å². The Kier molecular flexibility index (Phi) is 4.15. The first-order valence-corrected chi connectivity index (χ1v) is 5.37. The number of amides is 1. The lowest BCUT2D eigenvalue weighted by atomic mass is 10.1. The lowest BCUT2D eigenvalue weighted by Crippen LogP contribution is -2.39. The molecule has 15 heavy (non-hydrogen) atoms. The van der Waals surface area contributed by atoms with Gasteiger partial charge in [-0.3, -0.25) is 4.79 Å². The molecule has 1 unspecified atom stereocenters. The van der Waals surface area contributed by atoms with Crippen molar-refractivity contribution in [2.24, 2.45) is 5.92 Å². The van der Waals surface area contributed by atoms with Crippen molar-refractivity contribution in [3.8, 4) is 0 Å². The highest BCUT2D eigenvalue weighted by Crippen LogP contribution is 2.09. The molecule has 4 nitrogen and oxygen atoms in total. The van der Waals surface area contributed by atoms with E-state index in [1.54, 1.807) is 6.92 Å². The van der Waals surface area contributed by atoms with Crippen molar-refractivity contribution in [3.63, 3.8) is 0 Å². The standard InChI is InChI=1S/C10H15ClN2O2/c1-6(2)9(4-11)13-10(14)8-5-12-15-7(8)3/h5-6,9H,4H2,1-3H3,(H,13,14). The number of nitrogens with one attached hydrogen (secondary N) is 1. The summed E-state index contributed by atoms with van der Waals surface area (Å²) in [6.07, 6.45) is 1.41. The summed E-state index contributed by atoms with van der Waals surface area (Å²) < 4.78 is 4.82. The lowest BCUT2D eigenvalue weighted by molar-refractivity contribution is 0.0929. The first-order valence-electron chi connectivity index (χ1n) is 4.84. The van der Waals surface area contributed by atoms with Gasteiger partial charge in [0.15, 0.2) is 0 Å². The Morgan fingerprint density at radius 2 is 2.33 bits per heavy atom. The monoisotopic (exact) mass is 230 g/mol. The van der Waals surface area contributed by atoms with Crippen LogP contribution in [0.3, 0.4) is 0 Å². The Hall–Kier alpha value is -1.03. The third-order valence-electron chi connectivity index (χ3n) is 2.28. The third-order valence-corrected chi connectivity index (χ3v) is 2.62. The molecule has 0 spiro atoms. The smallest absolute Gasteiger partial charge is 0.256 e. The second-order valence-corrected chi connectivity index (χ2v) is 4.08. The molecule has 1 aromatic rings. The zero-order chi connectivity index (χ0) is 11.4. The van der Waals surface area contributed by atoms with Gasteiger partial charge >= 0.3 is 0 Å². The highest BCUT2D eigenvalue weighted by molar-refractivity contribution is 6.18. The molecule has 1 atom stereocenters. The van der Waals surface area contributed by atoms with Crippen LogP contribution in [0.1, 0.15) is 30.0 Å². The molecule has 5 heteroatoms. The van der Waals surface area contributed by atoms with Gasteiger partial charge in [0, 0.05) is 11.9 Å². The van der Waals surface area contributed by atoms with Gasteiger partial charge in [0.1, 0.15) is 11.3 Å². The fourth-order valence-electron chi connectivity index (χ4n) is 1.15. The van der Waals surface area contributed by atoms with Crippen LogP contribution in [0, 0.1) is 12.8 Å². The normalized spacial score (nSPS) is 12.9. The molecule has 0 aliphatic rings. The Balaban J connectivity index is 2.67. The van der Waals surface area contributed by atoms with Crippen molar-refractivity contribution in [2.45, 2.75) is 26.8 Å². The van der Waals surface area contributed by atoms with E-state index in [1.807, 2.05) is 13.8 Å². The summed E-state index contributed by atoms with van der Waals surface area (Å²) >= 11 is 5.75. The first-order chi connectivity index (χ1) is 7.06. The van der Waals surface area contributed by atoms with Crippen LogP contribution in [0.5, 0.6) is 0 Å². The largest absolute Gasteiger partial charge is 0.361 e. The minimum Gasteiger partial charge on any atom is -0.361 e. The second kappa shape index (κ2) is 5.16. The summed E-state index contributed by atoms with van der Waals surface area (Å²) in [7, 11) is 0. The van der Waals surface area contributed by atoms with Crippen LogP contribution < -0.4 is 5.32 Å². The van der Waals surface area contributed by atoms with Gasteiger partial charge < -0.3 is 9.84 Å². The summed E-state index contributed by atoms with van der Waals surface area (Å²) in [6, 6.07) is -0.0338. The van der Waals surface area contributed by atoms with E-state index < -0.39 is 0 Å². The average Bonchev–Trinajstić information content (AvgIpc) is 2.60. The number of carbonyl (C=O) groups excluding carboxylic acids is 1. The van der Waals surface area contributed by atoms with Crippen LogP contribution >= 0.6 is 11.6 Å². The van der Waals surface area contributed by atoms with E-state index in [1.165, 1.54) is 6.20 Å². The molecular formula is C10H15ClN2O2. The SMILES string of the molecule is Cc1oncc1C(=O)NC(CCl)C(C)C. The summed E-state index contributed by atoms with van der Waals surface area (Å²) in [4.78, 5) is 11.7. The number of hydrogen-bond acceptors (Lipinski definition) is 3. The zero-order valence-corrected chi connectivity index (χ0v) is 9.84. The van der Waals surface area contributed by atoms with Crippen molar-refractivity contribution >= 4 is 17.5 Å². The van der Waals surface area contributed by atoms with Gasteiger partial charge in [-0.15, -0.1) is 11.6 Å². The van der Waals surface area contributed by atoms with Crippen LogP contribution in [-0.4, -0.2) is 23.0 Å². The molecular weight excluding hydrogens is 216 g/mol. The maximum absolute atomic E-state index is 11.7. The summed E-state index contributed by atoms with van der Waals surface area (Å²) in [5.74, 6) is 1.03. The summed E-state index contributed by atoms with van der Waals surface area (Å²) in [6.45, 7) is 5.72. The number of carbonyl (C=O) groups is 1. The van der Waals surface area contributed by atoms with Gasteiger partial charge in [-0.1, -0.05) is 19.0 Å². The van der Waals surface area contributed by atoms with Crippen molar-refractivity contribution < 1.29 is 9.32 Å². The predicted molar refractivity (Wildman–Crippen MR) is 58.1 cm³/mol. The van der Waals surface area contributed by atoms with Gasteiger partial charge in [-0.25, -0.2) is 0 Å². The number of nitrogens with zero attached hydrogens (tertiary/aromatic N) is 1. The quantitative estimate of drug-likeness (QED) is 0.805. The minimum absolute atomic E-state index is 0.0338. The van der Waals surface area contributed by atoms with Crippen LogP contribution in [0.25, 0.3) is 0 Å². The fourth-order valence-corrected chi connectivity index (χ4v) is 1.58. The Labute approximate surface area is 94.0 Å². The summed E-state index contributed by atoms with van der Waals surface area (Å²) in [5, 5.41) is 6.39. The molecule has 1 N–H and O–H groups in total. The number of rotatable bonds is 4. The summed E-state index contributed by atoms with van der Waals surface area (Å²) in [5.41, 5.74) is 0.464. The molecule has 1 aromatic heterocycles. The van der Waals surface area contributed by atoms with Crippen LogP contribution in [-0.2, 0) is 0 Å². The molecule has 1 rings (SSSR count). The molecule has 0 bridgehead atoms. The van der Waals surface area contributed by atoms with Crippen LogP contribution in [0.2, 0.25) is 0 Å². The van der Waals surface area contributed by atoms with Gasteiger partial charge in [0.05, 0.1) is 6.20 Å². The van der Waals surface area contributed by atoms with E-state index in [0.29, 0.717) is 23.1 Å². The second-order valence-electron chi connectivity index (χ2n) is 3.77. The molecule has 0 radical (unpaired) electrons. The van der Waals surface area contributed by atoms with Crippen molar-refractivity contribution in [1.82, 2.24) is 10.5 Å². The number of aromatic nitrogens is 1. The van der Waals surface area contributed by atoms with Crippen molar-refractivity contribution in [2.75, 3.05) is 5.88 Å². The third kappa shape index (κ3) is 2.96. The minimum atomic E-state index is -0.187. The Morgan fingerprint density at radius 3 is 2.73 bits per heavy atom. The molecule has 84 valence electrons. The lowest BCUT2D eigenvalue weighted by Gasteiger charge is -2.19. The van der Waals surface area contributed by atoms with Gasteiger partial charge in [0.25, 0.3) is 5.91 Å². The molecule has 0 aliphatic carbocycles. The highest BCUT2D eigenvalue weighted by Gasteiger charge is 2.18. The van der Waals surface area contributed by atoms with Gasteiger partial charge in [0.2, 0.25) is 0 Å². The van der Waals surface area contributed by atoms with Crippen LogP contribution in [0.15, 0.2) is 10.7 Å². The van der Waals surface area contributed by atoms with Crippen molar-refractivity contribution in [1.29, 1.82) is 0 Å². The number of hydrogen-bond donors (Lipinski definition) is 1. The fraction of sp³-hybridized carbons (Fsp3) is 0.600. The van der Waals surface area contributed by atoms with Crippen LogP contribution in [0.4, 0.5) is 0 Å². The van der Waals surface area contributed by atoms with E-state index in [4.69, 9.17) is 16.1 Å². The maximum Gasteiger partial charge on any atom is 0.256 e. The van der Waals surface area contributed by atoms with E-state index >= 15 is 0 Å². The number of halogens is 1. The predicted octanol–water partition coefficient (Wildman–Crippen LogP) is 1.98. The topological polar surface area (TPSA) is 55.1 Å². The Bertz CT molecular complexity index is 336. The molecule has 0 aromatic carbocycles. The average molecular weight is 231 g/mol. The van der Waals surface area contributed by atoms with E-state index in [0.717, 1.165) is 0 Å². The highest BCUT2D eigenvalue weighted by atomic mass is 35.5. The molecule has 0 fully saturated rings. The number of aryl methyl sites for hydroxylation is 1. The molecule has 1 amide bonds. The first kappa shape index (κ1) is 12.0. The van der Waals surface area contributed by atoms with Gasteiger partial charge in [-0.05, 0) is 12.8 Å². The number of alkyl halides is 1. The molecule has 1 heterocycles. The van der Waals surface area contributed by atoms with E-state index in [9.17, 15) is 4.79 Å². The maximum atomic E-state index is 11.7. The van der Waals surface area contributed by atoms with Crippen molar-refractivity contribution in [3.05, 3.63) is 17.5 Å². The molecule has 0 aliphatic heterocycles. The van der Waals surface area contributed by atoms with E-state index in [2.05, 4.69) is 10.5 Å². The molecule has 0 saturated heterocycles. The zero-order valence-electron chi connectivity index (χ0n) is 9.08. The molecule has 0 saturated carbocycles. The Morgan fingerprint density at radius 1 is 1.67 bits per heavy atom.